The van der Waals surface area contributed by atoms with E-state index in [0.717, 1.165) is 24.5 Å². The first-order valence-electron chi connectivity index (χ1n) is 5.34. The Balaban J connectivity index is 2.68. The second-order valence-electron chi connectivity index (χ2n) is 3.29. The van der Waals surface area contributed by atoms with Gasteiger partial charge in [0, 0.05) is 12.8 Å². The Kier molecular flexibility index (Phi) is 4.52. The van der Waals surface area contributed by atoms with Gasteiger partial charge in [0.25, 0.3) is 0 Å². The molecular weight excluding hydrogens is 204 g/mol. The number of aromatic nitrogens is 3. The van der Waals surface area contributed by atoms with Gasteiger partial charge in [-0.2, -0.15) is 5.10 Å². The molecule has 0 aromatic carbocycles. The van der Waals surface area contributed by atoms with E-state index in [1.165, 1.54) is 0 Å². The van der Waals surface area contributed by atoms with Gasteiger partial charge in [-0.15, -0.1) is 6.42 Å². The molecule has 1 amide bonds. The lowest BCUT2D eigenvalue weighted by Gasteiger charge is -2.03. The van der Waals surface area contributed by atoms with Crippen LogP contribution in [0, 0.1) is 12.3 Å². The van der Waals surface area contributed by atoms with E-state index < -0.39 is 0 Å². The highest BCUT2D eigenvalue weighted by Crippen LogP contribution is 2.00. The molecule has 1 heterocycles. The minimum atomic E-state index is -0.139. The highest BCUT2D eigenvalue weighted by atomic mass is 16.2. The number of carbonyl (C=O) groups excluding carboxylic acids is 1. The minimum absolute atomic E-state index is 0.139. The number of hydrogen-bond donors (Lipinski definition) is 1. The van der Waals surface area contributed by atoms with Gasteiger partial charge in [0.05, 0.1) is 6.54 Å². The van der Waals surface area contributed by atoms with Crippen LogP contribution in [0.4, 0.5) is 0 Å². The second-order valence-corrected chi connectivity index (χ2v) is 3.29. The molecule has 0 saturated heterocycles. The molecule has 0 saturated carbocycles. The van der Waals surface area contributed by atoms with Crippen molar-refractivity contribution in [2.45, 2.75) is 33.2 Å². The van der Waals surface area contributed by atoms with Crippen LogP contribution in [0.5, 0.6) is 0 Å². The third-order valence-electron chi connectivity index (χ3n) is 2.11. The van der Waals surface area contributed by atoms with E-state index in [1.54, 1.807) is 4.68 Å². The molecule has 0 unspecified atom stereocenters. The van der Waals surface area contributed by atoms with E-state index in [4.69, 9.17) is 6.42 Å². The average molecular weight is 220 g/mol. The number of amides is 1. The van der Waals surface area contributed by atoms with Crippen molar-refractivity contribution in [1.82, 2.24) is 20.1 Å². The van der Waals surface area contributed by atoms with E-state index in [0.29, 0.717) is 0 Å². The molecule has 0 bridgehead atoms. The molecular formula is C11H16N4O. The van der Waals surface area contributed by atoms with Gasteiger partial charge in [-0.3, -0.25) is 4.79 Å². The summed E-state index contributed by atoms with van der Waals surface area (Å²) < 4.78 is 1.63. The van der Waals surface area contributed by atoms with Gasteiger partial charge in [-0.05, 0) is 0 Å². The first-order valence-corrected chi connectivity index (χ1v) is 5.34. The van der Waals surface area contributed by atoms with Gasteiger partial charge in [-0.1, -0.05) is 19.8 Å². The van der Waals surface area contributed by atoms with Crippen LogP contribution >= 0.6 is 0 Å². The monoisotopic (exact) mass is 220 g/mol. The van der Waals surface area contributed by atoms with Crippen LogP contribution in [-0.2, 0) is 24.2 Å². The molecule has 5 nitrogen and oxygen atoms in total. The summed E-state index contributed by atoms with van der Waals surface area (Å²) in [7, 11) is 0. The molecule has 0 aliphatic heterocycles. The van der Waals surface area contributed by atoms with Crippen molar-refractivity contribution in [3.05, 3.63) is 11.6 Å². The van der Waals surface area contributed by atoms with Gasteiger partial charge >= 0.3 is 0 Å². The van der Waals surface area contributed by atoms with Gasteiger partial charge < -0.3 is 5.32 Å². The third kappa shape index (κ3) is 3.09. The fourth-order valence-electron chi connectivity index (χ4n) is 1.31. The molecule has 1 aromatic heterocycles. The van der Waals surface area contributed by atoms with Crippen molar-refractivity contribution >= 4 is 5.91 Å². The van der Waals surface area contributed by atoms with E-state index in [9.17, 15) is 4.79 Å². The Hall–Kier alpha value is -1.83. The number of aryl methyl sites for hydroxylation is 2. The summed E-state index contributed by atoms with van der Waals surface area (Å²) in [6.45, 7) is 4.39. The molecule has 1 rings (SSSR count). The summed E-state index contributed by atoms with van der Waals surface area (Å²) in [5, 5.41) is 6.84. The van der Waals surface area contributed by atoms with Crippen molar-refractivity contribution in [3.63, 3.8) is 0 Å². The largest absolute Gasteiger partial charge is 0.344 e. The minimum Gasteiger partial charge on any atom is -0.344 e. The first kappa shape index (κ1) is 12.2. The standard InChI is InChI=1S/C11H16N4O/c1-4-7-12-11(16)8-15-10(6-3)13-9(5-2)14-15/h1H,5-8H2,2-3H3,(H,12,16). The molecule has 16 heavy (non-hydrogen) atoms. The Morgan fingerprint density at radius 1 is 1.50 bits per heavy atom. The Morgan fingerprint density at radius 2 is 2.25 bits per heavy atom. The van der Waals surface area contributed by atoms with Crippen LogP contribution in [0.3, 0.4) is 0 Å². The topological polar surface area (TPSA) is 59.8 Å². The smallest absolute Gasteiger partial charge is 0.242 e. The van der Waals surface area contributed by atoms with Crippen LogP contribution in [-0.4, -0.2) is 27.2 Å². The van der Waals surface area contributed by atoms with E-state index in [2.05, 4.69) is 21.3 Å². The Morgan fingerprint density at radius 3 is 2.81 bits per heavy atom. The zero-order valence-electron chi connectivity index (χ0n) is 9.66. The Bertz CT molecular complexity index is 403. The zero-order chi connectivity index (χ0) is 12.0. The van der Waals surface area contributed by atoms with Crippen molar-refractivity contribution in [3.8, 4) is 12.3 Å². The number of hydrogen-bond acceptors (Lipinski definition) is 3. The summed E-state index contributed by atoms with van der Waals surface area (Å²) in [6, 6.07) is 0. The molecule has 0 radical (unpaired) electrons. The number of nitrogens with zero attached hydrogens (tertiary/aromatic N) is 3. The average Bonchev–Trinajstić information content (AvgIpc) is 2.68. The van der Waals surface area contributed by atoms with Crippen LogP contribution in [0.15, 0.2) is 0 Å². The number of terminal acetylenes is 1. The molecule has 5 heteroatoms. The molecule has 0 aliphatic rings. The first-order chi connectivity index (χ1) is 7.71. The maximum Gasteiger partial charge on any atom is 0.242 e. The summed E-state index contributed by atoms with van der Waals surface area (Å²) in [5.41, 5.74) is 0. The molecule has 0 aliphatic carbocycles. The fraction of sp³-hybridized carbons (Fsp3) is 0.545. The maximum atomic E-state index is 11.4. The zero-order valence-corrected chi connectivity index (χ0v) is 9.66. The maximum absolute atomic E-state index is 11.4. The molecule has 0 atom stereocenters. The van der Waals surface area contributed by atoms with Crippen molar-refractivity contribution < 1.29 is 4.79 Å². The lowest BCUT2D eigenvalue weighted by molar-refractivity contribution is -0.121. The predicted octanol–water partition coefficient (Wildman–Crippen LogP) is 0.152. The number of nitrogens with one attached hydrogen (secondary N) is 1. The van der Waals surface area contributed by atoms with Crippen LogP contribution < -0.4 is 5.32 Å². The lowest BCUT2D eigenvalue weighted by atomic mass is 10.4. The van der Waals surface area contributed by atoms with Crippen LogP contribution in [0.1, 0.15) is 25.5 Å². The van der Waals surface area contributed by atoms with E-state index >= 15 is 0 Å². The SMILES string of the molecule is C#CCNC(=O)Cn1nc(CC)nc1CC. The third-order valence-corrected chi connectivity index (χ3v) is 2.11. The number of carbonyl (C=O) groups is 1. The molecule has 0 spiro atoms. The second kappa shape index (κ2) is 5.91. The van der Waals surface area contributed by atoms with Gasteiger partial charge in [0.2, 0.25) is 5.91 Å². The highest BCUT2D eigenvalue weighted by Gasteiger charge is 2.10. The molecule has 1 aromatic rings. The highest BCUT2D eigenvalue weighted by molar-refractivity contribution is 5.75. The molecule has 86 valence electrons. The lowest BCUT2D eigenvalue weighted by Crippen LogP contribution is -2.28. The van der Waals surface area contributed by atoms with Crippen molar-refractivity contribution in [2.24, 2.45) is 0 Å². The normalized spacial score (nSPS) is 9.81. The molecule has 1 N–H and O–H groups in total. The van der Waals surface area contributed by atoms with E-state index in [1.807, 2.05) is 13.8 Å². The van der Waals surface area contributed by atoms with Crippen molar-refractivity contribution in [1.29, 1.82) is 0 Å². The predicted molar refractivity (Wildman–Crippen MR) is 60.6 cm³/mol. The van der Waals surface area contributed by atoms with Gasteiger partial charge in [-0.25, -0.2) is 9.67 Å². The molecule has 0 fully saturated rings. The van der Waals surface area contributed by atoms with Crippen molar-refractivity contribution in [2.75, 3.05) is 6.54 Å². The van der Waals surface area contributed by atoms with Crippen LogP contribution in [0.2, 0.25) is 0 Å². The van der Waals surface area contributed by atoms with E-state index in [-0.39, 0.29) is 19.0 Å². The summed E-state index contributed by atoms with van der Waals surface area (Å²) in [4.78, 5) is 15.8. The Labute approximate surface area is 95.3 Å². The number of rotatable bonds is 5. The summed E-state index contributed by atoms with van der Waals surface area (Å²) >= 11 is 0. The van der Waals surface area contributed by atoms with Crippen LogP contribution in [0.25, 0.3) is 0 Å². The quantitative estimate of drug-likeness (QED) is 0.719. The van der Waals surface area contributed by atoms with Gasteiger partial charge in [0.15, 0.2) is 5.82 Å². The summed E-state index contributed by atoms with van der Waals surface area (Å²) in [5.74, 6) is 3.81. The summed E-state index contributed by atoms with van der Waals surface area (Å²) in [6.07, 6.45) is 6.58. The van der Waals surface area contributed by atoms with Gasteiger partial charge in [0.1, 0.15) is 12.4 Å². The fourth-order valence-corrected chi connectivity index (χ4v) is 1.31.